The number of nitrogens with zero attached hydrogens (tertiary/aromatic N) is 3. The van der Waals surface area contributed by atoms with Crippen LogP contribution in [0.3, 0.4) is 0 Å². The van der Waals surface area contributed by atoms with Gasteiger partial charge < -0.3 is 14.2 Å². The highest BCUT2D eigenvalue weighted by Gasteiger charge is 2.28. The van der Waals surface area contributed by atoms with Gasteiger partial charge in [0.2, 0.25) is 0 Å². The molecule has 0 spiro atoms. The molecule has 1 fully saturated rings. The molecule has 6 nitrogen and oxygen atoms in total. The fraction of sp³-hybridized carbons (Fsp3) is 0.400. The summed E-state index contributed by atoms with van der Waals surface area (Å²) in [4.78, 5) is 19.9. The van der Waals surface area contributed by atoms with Crippen molar-refractivity contribution in [3.8, 4) is 11.3 Å². The number of aryl methyl sites for hydroxylation is 4. The summed E-state index contributed by atoms with van der Waals surface area (Å²) in [5.74, 6) is 0.905. The molecule has 0 unspecified atom stereocenters. The third-order valence-electron chi connectivity index (χ3n) is 6.31. The molecule has 1 aromatic carbocycles. The number of carbonyl (C=O) groups excluding carboxylic acids is 1. The number of ether oxygens (including phenoxy) is 1. The van der Waals surface area contributed by atoms with Gasteiger partial charge >= 0.3 is 0 Å². The molecule has 2 aliphatic rings. The molecule has 0 saturated carbocycles. The fourth-order valence-corrected chi connectivity index (χ4v) is 4.66. The van der Waals surface area contributed by atoms with E-state index in [2.05, 4.69) is 17.3 Å². The summed E-state index contributed by atoms with van der Waals surface area (Å²) in [6.07, 6.45) is 3.88. The van der Waals surface area contributed by atoms with Crippen molar-refractivity contribution in [1.82, 2.24) is 15.0 Å². The van der Waals surface area contributed by atoms with Crippen molar-refractivity contribution in [2.75, 3.05) is 19.7 Å². The Bertz CT molecular complexity index is 1120. The van der Waals surface area contributed by atoms with Crippen LogP contribution in [0.2, 0.25) is 0 Å². The Labute approximate surface area is 182 Å². The summed E-state index contributed by atoms with van der Waals surface area (Å²) < 4.78 is 11.5. The van der Waals surface area contributed by atoms with Gasteiger partial charge in [0.05, 0.1) is 35.8 Å². The van der Waals surface area contributed by atoms with Gasteiger partial charge in [-0.2, -0.15) is 0 Å². The maximum atomic E-state index is 13.2. The van der Waals surface area contributed by atoms with Crippen LogP contribution in [-0.2, 0) is 24.0 Å². The molecule has 0 N–H and O–H groups in total. The Morgan fingerprint density at radius 1 is 1.19 bits per heavy atom. The zero-order valence-corrected chi connectivity index (χ0v) is 18.1. The third-order valence-corrected chi connectivity index (χ3v) is 6.31. The van der Waals surface area contributed by atoms with Crippen molar-refractivity contribution in [3.63, 3.8) is 0 Å². The van der Waals surface area contributed by atoms with Crippen LogP contribution in [0.4, 0.5) is 0 Å². The maximum Gasteiger partial charge on any atom is 0.254 e. The second-order valence-electron chi connectivity index (χ2n) is 8.32. The molecule has 3 heterocycles. The lowest BCUT2D eigenvalue weighted by atomic mass is 10.0. The molecule has 1 aliphatic carbocycles. The van der Waals surface area contributed by atoms with E-state index in [-0.39, 0.29) is 12.0 Å². The van der Waals surface area contributed by atoms with Crippen LogP contribution < -0.4 is 0 Å². The number of benzene rings is 1. The number of fused-ring (bicyclic) bond motifs is 1. The number of hydrogen-bond acceptors (Lipinski definition) is 5. The summed E-state index contributed by atoms with van der Waals surface area (Å²) >= 11 is 0. The van der Waals surface area contributed by atoms with Crippen LogP contribution in [0.1, 0.15) is 58.1 Å². The Morgan fingerprint density at radius 3 is 2.94 bits per heavy atom. The topological polar surface area (TPSA) is 68.5 Å². The van der Waals surface area contributed by atoms with Gasteiger partial charge in [-0.05, 0) is 61.6 Å². The Balaban J connectivity index is 1.37. The second-order valence-corrected chi connectivity index (χ2v) is 8.32. The molecule has 1 amide bonds. The van der Waals surface area contributed by atoms with Gasteiger partial charge in [-0.3, -0.25) is 4.79 Å². The highest BCUT2D eigenvalue weighted by Crippen LogP contribution is 2.29. The van der Waals surface area contributed by atoms with Crippen molar-refractivity contribution >= 4 is 5.91 Å². The van der Waals surface area contributed by atoms with Gasteiger partial charge in [-0.1, -0.05) is 24.2 Å². The number of pyridine rings is 1. The van der Waals surface area contributed by atoms with Crippen LogP contribution in [0.25, 0.3) is 11.3 Å². The minimum atomic E-state index is -0.252. The number of carbonyl (C=O) groups is 1. The molecule has 5 rings (SSSR count). The Morgan fingerprint density at radius 2 is 2.06 bits per heavy atom. The third kappa shape index (κ3) is 3.76. The molecule has 0 bridgehead atoms. The van der Waals surface area contributed by atoms with Crippen molar-refractivity contribution < 1.29 is 14.1 Å². The fourth-order valence-electron chi connectivity index (χ4n) is 4.66. The molecule has 160 valence electrons. The van der Waals surface area contributed by atoms with Gasteiger partial charge in [-0.25, -0.2) is 4.98 Å². The van der Waals surface area contributed by atoms with Gasteiger partial charge in [-0.15, -0.1) is 0 Å². The summed E-state index contributed by atoms with van der Waals surface area (Å²) in [5.41, 5.74) is 6.92. The molecular formula is C25H27N3O3. The Kier molecular flexibility index (Phi) is 5.32. The molecule has 1 saturated heterocycles. The zero-order valence-electron chi connectivity index (χ0n) is 18.1. The SMILES string of the molecule is CCc1onc(C)c1-c1cccc([C@H]2CN(C(=O)c3ccc4c(c3)CCC4)CCO2)n1. The van der Waals surface area contributed by atoms with Gasteiger partial charge in [0.15, 0.2) is 0 Å². The Hall–Kier alpha value is -2.99. The van der Waals surface area contributed by atoms with Crippen molar-refractivity contribution in [3.05, 3.63) is 70.2 Å². The van der Waals surface area contributed by atoms with E-state index in [1.54, 1.807) is 0 Å². The number of hydrogen-bond donors (Lipinski definition) is 0. The minimum Gasteiger partial charge on any atom is -0.368 e. The van der Waals surface area contributed by atoms with E-state index >= 15 is 0 Å². The molecular weight excluding hydrogens is 390 g/mol. The first-order valence-electron chi connectivity index (χ1n) is 11.1. The first-order chi connectivity index (χ1) is 15.1. The summed E-state index contributed by atoms with van der Waals surface area (Å²) in [5, 5.41) is 4.10. The summed E-state index contributed by atoms with van der Waals surface area (Å²) in [6.45, 7) is 5.56. The van der Waals surface area contributed by atoms with Crippen LogP contribution in [-0.4, -0.2) is 40.6 Å². The van der Waals surface area contributed by atoms with Crippen LogP contribution in [0.15, 0.2) is 40.9 Å². The molecule has 2 aromatic heterocycles. The van der Waals surface area contributed by atoms with E-state index < -0.39 is 0 Å². The summed E-state index contributed by atoms with van der Waals surface area (Å²) in [7, 11) is 0. The normalized spacial score (nSPS) is 18.3. The van der Waals surface area contributed by atoms with Crippen LogP contribution in [0, 0.1) is 6.92 Å². The van der Waals surface area contributed by atoms with Gasteiger partial charge in [0.25, 0.3) is 5.91 Å². The number of morpholine rings is 1. The molecule has 3 aromatic rings. The lowest BCUT2D eigenvalue weighted by Crippen LogP contribution is -2.42. The smallest absolute Gasteiger partial charge is 0.254 e. The number of aromatic nitrogens is 2. The predicted octanol–water partition coefficient (Wildman–Crippen LogP) is 4.31. The molecule has 6 heteroatoms. The largest absolute Gasteiger partial charge is 0.368 e. The number of rotatable bonds is 4. The summed E-state index contributed by atoms with van der Waals surface area (Å²) in [6, 6.07) is 12.1. The maximum absolute atomic E-state index is 13.2. The first-order valence-corrected chi connectivity index (χ1v) is 11.1. The van der Waals surface area contributed by atoms with Crippen molar-refractivity contribution in [2.24, 2.45) is 0 Å². The average Bonchev–Trinajstić information content (AvgIpc) is 3.44. The molecule has 31 heavy (non-hydrogen) atoms. The molecule has 1 atom stereocenters. The van der Waals surface area contributed by atoms with E-state index in [1.807, 2.05) is 43.0 Å². The van der Waals surface area contributed by atoms with Gasteiger partial charge in [0, 0.05) is 18.5 Å². The van der Waals surface area contributed by atoms with E-state index in [4.69, 9.17) is 14.2 Å². The lowest BCUT2D eigenvalue weighted by Gasteiger charge is -2.33. The quantitative estimate of drug-likeness (QED) is 0.633. The zero-order chi connectivity index (χ0) is 21.4. The van der Waals surface area contributed by atoms with E-state index in [0.717, 1.165) is 53.2 Å². The average molecular weight is 418 g/mol. The first kappa shape index (κ1) is 19.9. The van der Waals surface area contributed by atoms with E-state index in [0.29, 0.717) is 19.7 Å². The van der Waals surface area contributed by atoms with E-state index in [9.17, 15) is 4.79 Å². The highest BCUT2D eigenvalue weighted by molar-refractivity contribution is 5.94. The predicted molar refractivity (Wildman–Crippen MR) is 117 cm³/mol. The molecule has 0 radical (unpaired) electrons. The van der Waals surface area contributed by atoms with Crippen LogP contribution >= 0.6 is 0 Å². The second kappa shape index (κ2) is 8.27. The highest BCUT2D eigenvalue weighted by atomic mass is 16.5. The van der Waals surface area contributed by atoms with Crippen molar-refractivity contribution in [2.45, 2.75) is 45.6 Å². The van der Waals surface area contributed by atoms with Crippen LogP contribution in [0.5, 0.6) is 0 Å². The molecule has 1 aliphatic heterocycles. The standard InChI is InChI=1S/C25H27N3O3/c1-3-22-24(16(2)27-31-22)21-9-5-8-20(26-21)23-15-28(12-13-30-23)25(29)19-11-10-17-6-4-7-18(17)14-19/h5,8-11,14,23H,3-4,6-7,12-13,15H2,1-2H3/t23-/m1/s1. The van der Waals surface area contributed by atoms with Gasteiger partial charge in [0.1, 0.15) is 11.9 Å². The van der Waals surface area contributed by atoms with E-state index in [1.165, 1.54) is 17.5 Å². The minimum absolute atomic E-state index is 0.0716. The number of amides is 1. The monoisotopic (exact) mass is 417 g/mol. The van der Waals surface area contributed by atoms with Crippen molar-refractivity contribution in [1.29, 1.82) is 0 Å². The lowest BCUT2D eigenvalue weighted by molar-refractivity contribution is -0.0246.